The number of nitrogens with one attached hydrogen (secondary N) is 1. The summed E-state index contributed by atoms with van der Waals surface area (Å²) in [5.41, 5.74) is 1.04. The lowest BCUT2D eigenvalue weighted by Crippen LogP contribution is -2.49. The Balaban J connectivity index is 2.30. The Hall–Kier alpha value is -2.12. The second kappa shape index (κ2) is 8.71. The van der Waals surface area contributed by atoms with Gasteiger partial charge in [-0.25, -0.2) is 12.8 Å². The second-order valence-electron chi connectivity index (χ2n) is 6.24. The molecule has 0 spiro atoms. The van der Waals surface area contributed by atoms with Gasteiger partial charge >= 0.3 is 0 Å². The summed E-state index contributed by atoms with van der Waals surface area (Å²) in [4.78, 5) is 12.8. The predicted molar refractivity (Wildman–Crippen MR) is 106 cm³/mol. The van der Waals surface area contributed by atoms with Gasteiger partial charge in [-0.3, -0.25) is 9.10 Å². The number of halogens is 2. The van der Waals surface area contributed by atoms with Crippen LogP contribution < -0.4 is 9.62 Å². The summed E-state index contributed by atoms with van der Waals surface area (Å²) in [5, 5.41) is 3.17. The largest absolute Gasteiger partial charge is 0.348 e. The van der Waals surface area contributed by atoms with Gasteiger partial charge in [0.05, 0.1) is 18.0 Å². The van der Waals surface area contributed by atoms with Crippen molar-refractivity contribution in [1.82, 2.24) is 5.32 Å². The van der Waals surface area contributed by atoms with Gasteiger partial charge in [0.15, 0.2) is 0 Å². The highest BCUT2D eigenvalue weighted by Gasteiger charge is 2.32. The Labute approximate surface area is 164 Å². The van der Waals surface area contributed by atoms with Crippen molar-refractivity contribution in [3.63, 3.8) is 0 Å². The number of hydrogen-bond acceptors (Lipinski definition) is 3. The number of anilines is 1. The molecule has 1 amide bonds. The Morgan fingerprint density at radius 2 is 1.85 bits per heavy atom. The fraction of sp³-hybridized carbons (Fsp3) is 0.316. The van der Waals surface area contributed by atoms with E-state index in [1.165, 1.54) is 18.2 Å². The fourth-order valence-corrected chi connectivity index (χ4v) is 4.21. The summed E-state index contributed by atoms with van der Waals surface area (Å²) >= 11 is 5.99. The molecule has 8 heteroatoms. The highest BCUT2D eigenvalue weighted by Crippen LogP contribution is 2.26. The van der Waals surface area contributed by atoms with E-state index in [1.807, 2.05) is 0 Å². The molecule has 2 rings (SSSR count). The van der Waals surface area contributed by atoms with Gasteiger partial charge in [-0.1, -0.05) is 36.7 Å². The monoisotopic (exact) mass is 412 g/mol. The van der Waals surface area contributed by atoms with Gasteiger partial charge in [-0.05, 0) is 49.2 Å². The van der Waals surface area contributed by atoms with Crippen LogP contribution in [0, 0.1) is 5.82 Å². The zero-order chi connectivity index (χ0) is 20.2. The Bertz CT molecular complexity index is 903. The number of rotatable bonds is 7. The van der Waals surface area contributed by atoms with Gasteiger partial charge in [-0.2, -0.15) is 0 Å². The first-order valence-corrected chi connectivity index (χ1v) is 10.7. The summed E-state index contributed by atoms with van der Waals surface area (Å²) in [7, 11) is -3.73. The molecule has 0 heterocycles. The van der Waals surface area contributed by atoms with Crippen molar-refractivity contribution in [1.29, 1.82) is 0 Å². The molecule has 2 atom stereocenters. The van der Waals surface area contributed by atoms with Crippen molar-refractivity contribution >= 4 is 33.2 Å². The molecule has 146 valence electrons. The van der Waals surface area contributed by atoms with Crippen LogP contribution in [0.3, 0.4) is 0 Å². The van der Waals surface area contributed by atoms with Crippen LogP contribution in [0.1, 0.15) is 31.9 Å². The van der Waals surface area contributed by atoms with E-state index in [0.29, 0.717) is 16.3 Å². The molecule has 0 unspecified atom stereocenters. The molecule has 0 saturated heterocycles. The zero-order valence-corrected chi connectivity index (χ0v) is 16.9. The number of nitrogens with zero attached hydrogens (tertiary/aromatic N) is 1. The molecule has 5 nitrogen and oxygen atoms in total. The molecule has 2 aromatic rings. The van der Waals surface area contributed by atoms with Crippen molar-refractivity contribution in [2.75, 3.05) is 10.6 Å². The first kappa shape index (κ1) is 21.2. The fourth-order valence-electron chi connectivity index (χ4n) is 2.82. The molecule has 0 bridgehead atoms. The Morgan fingerprint density at radius 1 is 1.22 bits per heavy atom. The molecule has 1 N–H and O–H groups in total. The maximum atomic E-state index is 13.1. The predicted octanol–water partition coefficient (Wildman–Crippen LogP) is 3.90. The third-order valence-electron chi connectivity index (χ3n) is 4.12. The number of benzene rings is 2. The molecular weight excluding hydrogens is 391 g/mol. The van der Waals surface area contributed by atoms with Crippen molar-refractivity contribution in [2.24, 2.45) is 0 Å². The van der Waals surface area contributed by atoms with Crippen LogP contribution in [0.4, 0.5) is 10.1 Å². The molecule has 0 fully saturated rings. The average Bonchev–Trinajstić information content (AvgIpc) is 2.58. The van der Waals surface area contributed by atoms with Crippen LogP contribution in [0.15, 0.2) is 48.5 Å². The number of amides is 1. The minimum absolute atomic E-state index is 0.265. The standard InChI is InChI=1S/C19H22ClFN2O3S/c1-4-18(19(24)22-13(2)14-8-10-16(21)11-9-14)23(27(3,25)26)17-7-5-6-15(20)12-17/h5-13,18H,4H2,1-3H3,(H,22,24)/t13-,18+/m1/s1. The molecule has 0 aliphatic carbocycles. The van der Waals surface area contributed by atoms with E-state index < -0.39 is 28.0 Å². The Morgan fingerprint density at radius 3 is 2.37 bits per heavy atom. The summed E-state index contributed by atoms with van der Waals surface area (Å²) in [6, 6.07) is 10.8. The topological polar surface area (TPSA) is 66.5 Å². The lowest BCUT2D eigenvalue weighted by Gasteiger charge is -2.31. The Kier molecular flexibility index (Phi) is 6.84. The van der Waals surface area contributed by atoms with E-state index in [4.69, 9.17) is 11.6 Å². The van der Waals surface area contributed by atoms with Crippen LogP contribution in [-0.2, 0) is 14.8 Å². The third-order valence-corrected chi connectivity index (χ3v) is 5.54. The van der Waals surface area contributed by atoms with Gasteiger partial charge in [0.1, 0.15) is 11.9 Å². The molecule has 2 aromatic carbocycles. The van der Waals surface area contributed by atoms with Crippen molar-refractivity contribution in [3.05, 3.63) is 64.9 Å². The smallest absolute Gasteiger partial charge is 0.244 e. The molecule has 0 saturated carbocycles. The van der Waals surface area contributed by atoms with Gasteiger partial charge in [0, 0.05) is 5.02 Å². The molecule has 27 heavy (non-hydrogen) atoms. The van der Waals surface area contributed by atoms with Crippen LogP contribution in [0.5, 0.6) is 0 Å². The van der Waals surface area contributed by atoms with Crippen LogP contribution in [-0.4, -0.2) is 26.6 Å². The summed E-state index contributed by atoms with van der Waals surface area (Å²) < 4.78 is 39.0. The first-order valence-electron chi connectivity index (χ1n) is 8.44. The minimum atomic E-state index is -3.73. The lowest BCUT2D eigenvalue weighted by atomic mass is 10.1. The van der Waals surface area contributed by atoms with Crippen LogP contribution >= 0.6 is 11.6 Å². The van der Waals surface area contributed by atoms with Crippen LogP contribution in [0.2, 0.25) is 5.02 Å². The van der Waals surface area contributed by atoms with Gasteiger partial charge in [-0.15, -0.1) is 0 Å². The first-order chi connectivity index (χ1) is 12.6. The normalized spacial score (nSPS) is 13.7. The van der Waals surface area contributed by atoms with Crippen LogP contribution in [0.25, 0.3) is 0 Å². The van der Waals surface area contributed by atoms with Crippen molar-refractivity contribution in [2.45, 2.75) is 32.4 Å². The molecule has 0 aliphatic heterocycles. The van der Waals surface area contributed by atoms with E-state index in [-0.39, 0.29) is 12.2 Å². The number of carbonyl (C=O) groups is 1. The summed E-state index contributed by atoms with van der Waals surface area (Å²) in [6.45, 7) is 3.48. The second-order valence-corrected chi connectivity index (χ2v) is 8.54. The quantitative estimate of drug-likeness (QED) is 0.749. The lowest BCUT2D eigenvalue weighted by molar-refractivity contribution is -0.122. The molecule has 0 aromatic heterocycles. The highest BCUT2D eigenvalue weighted by molar-refractivity contribution is 7.92. The van der Waals surface area contributed by atoms with E-state index in [9.17, 15) is 17.6 Å². The SMILES string of the molecule is CC[C@@H](C(=O)N[C@H](C)c1ccc(F)cc1)N(c1cccc(Cl)c1)S(C)(=O)=O. The molecular formula is C19H22ClFN2O3S. The highest BCUT2D eigenvalue weighted by atomic mass is 35.5. The maximum absolute atomic E-state index is 13.1. The maximum Gasteiger partial charge on any atom is 0.244 e. The van der Waals surface area contributed by atoms with Gasteiger partial charge in [0.2, 0.25) is 15.9 Å². The van der Waals surface area contributed by atoms with Crippen molar-refractivity contribution < 1.29 is 17.6 Å². The van der Waals surface area contributed by atoms with Gasteiger partial charge in [0.25, 0.3) is 0 Å². The summed E-state index contributed by atoms with van der Waals surface area (Å²) in [6.07, 6.45) is 1.31. The molecule has 0 radical (unpaired) electrons. The zero-order valence-electron chi connectivity index (χ0n) is 15.3. The third kappa shape index (κ3) is 5.43. The van der Waals surface area contributed by atoms with E-state index in [1.54, 1.807) is 44.2 Å². The summed E-state index contributed by atoms with van der Waals surface area (Å²) in [5.74, 6) is -0.812. The number of sulfonamides is 1. The minimum Gasteiger partial charge on any atom is -0.348 e. The number of hydrogen-bond donors (Lipinski definition) is 1. The van der Waals surface area contributed by atoms with Gasteiger partial charge < -0.3 is 5.32 Å². The van der Waals surface area contributed by atoms with E-state index in [2.05, 4.69) is 5.32 Å². The van der Waals surface area contributed by atoms with E-state index >= 15 is 0 Å². The average molecular weight is 413 g/mol. The van der Waals surface area contributed by atoms with E-state index in [0.717, 1.165) is 10.6 Å². The molecule has 0 aliphatic rings. The number of carbonyl (C=O) groups excluding carboxylic acids is 1. The van der Waals surface area contributed by atoms with Crippen molar-refractivity contribution in [3.8, 4) is 0 Å².